The maximum absolute atomic E-state index is 12.7. The molecular weight excluding hydrogens is 229 g/mol. The van der Waals surface area contributed by atoms with Gasteiger partial charge < -0.3 is 0 Å². The van der Waals surface area contributed by atoms with Crippen LogP contribution < -0.4 is 0 Å². The molecule has 0 fully saturated rings. The summed E-state index contributed by atoms with van der Waals surface area (Å²) in [5.41, 5.74) is -1.98. The predicted molar refractivity (Wildman–Crippen MR) is 35.1 cm³/mol. The van der Waals surface area contributed by atoms with Crippen molar-refractivity contribution in [3.8, 4) is 0 Å². The largest absolute Gasteiger partial charge is 0.203 e. The normalized spacial score (nSPS) is 12.1. The molecule has 0 spiro atoms. The van der Waals surface area contributed by atoms with Gasteiger partial charge in [-0.05, 0) is 0 Å². The predicted octanol–water partition coefficient (Wildman–Crippen LogP) is 3.42. The van der Waals surface area contributed by atoms with Crippen molar-refractivity contribution in [2.24, 2.45) is 0 Å². The topological polar surface area (TPSA) is 0 Å². The molecule has 0 bridgehead atoms. The molecule has 1 rings (SSSR count). The summed E-state index contributed by atoms with van der Waals surface area (Å²) < 4.78 is 86.3. The van der Waals surface area contributed by atoms with Crippen molar-refractivity contribution in [3.05, 3.63) is 41.0 Å². The zero-order valence-corrected chi connectivity index (χ0v) is 6.65. The minimum Gasteiger partial charge on any atom is -0.203 e. The molecular formula is C8F7. The molecule has 0 N–H and O–H groups in total. The summed E-state index contributed by atoms with van der Waals surface area (Å²) >= 11 is 0. The van der Waals surface area contributed by atoms with Gasteiger partial charge in [0.05, 0.1) is 5.56 Å². The zero-order chi connectivity index (χ0) is 11.7. The summed E-state index contributed by atoms with van der Waals surface area (Å²) in [5.74, 6) is -14.4. The molecule has 0 aliphatic carbocycles. The molecule has 0 unspecified atom stereocenters. The number of benzene rings is 1. The van der Waals surface area contributed by atoms with E-state index in [4.69, 9.17) is 0 Å². The van der Waals surface area contributed by atoms with Gasteiger partial charge in [-0.3, -0.25) is 0 Å². The van der Waals surface area contributed by atoms with Gasteiger partial charge in [-0.1, -0.05) is 0 Å². The third-order valence-electron chi connectivity index (χ3n) is 1.51. The van der Waals surface area contributed by atoms with Crippen molar-refractivity contribution >= 4 is 5.83 Å². The Kier molecular flexibility index (Phi) is 3.01. The second-order valence-corrected chi connectivity index (χ2v) is 2.35. The summed E-state index contributed by atoms with van der Waals surface area (Å²) in [7, 11) is 0. The Balaban J connectivity index is 3.67. The SMILES string of the molecule is F/[C]=C(\F)c1c(F)c(F)c(F)c(F)c1F. The Morgan fingerprint density at radius 3 is 1.40 bits per heavy atom. The Labute approximate surface area is 78.6 Å². The molecule has 81 valence electrons. The van der Waals surface area contributed by atoms with E-state index < -0.39 is 40.5 Å². The van der Waals surface area contributed by atoms with Crippen molar-refractivity contribution in [1.82, 2.24) is 0 Å². The monoisotopic (exact) mass is 229 g/mol. The molecule has 1 radical (unpaired) electrons. The van der Waals surface area contributed by atoms with Gasteiger partial charge in [0.25, 0.3) is 0 Å². The summed E-state index contributed by atoms with van der Waals surface area (Å²) in [4.78, 5) is 0. The molecule has 7 heteroatoms. The van der Waals surface area contributed by atoms with Gasteiger partial charge in [0.2, 0.25) is 5.82 Å². The first-order valence-corrected chi connectivity index (χ1v) is 3.32. The van der Waals surface area contributed by atoms with Crippen LogP contribution in [0.15, 0.2) is 0 Å². The average Bonchev–Trinajstić information content (AvgIpc) is 2.23. The van der Waals surface area contributed by atoms with Gasteiger partial charge in [0.1, 0.15) is 0 Å². The van der Waals surface area contributed by atoms with Crippen LogP contribution in [0.2, 0.25) is 0 Å². The Morgan fingerprint density at radius 2 is 1.07 bits per heavy atom. The zero-order valence-electron chi connectivity index (χ0n) is 6.65. The highest BCUT2D eigenvalue weighted by Crippen LogP contribution is 2.28. The van der Waals surface area contributed by atoms with Gasteiger partial charge in [0, 0.05) is 0 Å². The Bertz CT molecular complexity index is 406. The van der Waals surface area contributed by atoms with Gasteiger partial charge in [0.15, 0.2) is 35.4 Å². The van der Waals surface area contributed by atoms with Crippen LogP contribution in [0, 0.1) is 35.4 Å². The Hall–Kier alpha value is -1.53. The fourth-order valence-corrected chi connectivity index (χ4v) is 0.845. The minimum absolute atomic E-state index is 0.151. The molecule has 0 aromatic heterocycles. The van der Waals surface area contributed by atoms with Crippen LogP contribution in [0.25, 0.3) is 5.83 Å². The van der Waals surface area contributed by atoms with Crippen molar-refractivity contribution in [1.29, 1.82) is 0 Å². The van der Waals surface area contributed by atoms with Crippen LogP contribution in [-0.4, -0.2) is 0 Å². The van der Waals surface area contributed by atoms with Gasteiger partial charge in [-0.15, -0.1) is 0 Å². The summed E-state index contributed by atoms with van der Waals surface area (Å²) in [6.07, 6.45) is 0.151. The van der Waals surface area contributed by atoms with E-state index >= 15 is 0 Å². The molecule has 0 amide bonds. The second-order valence-electron chi connectivity index (χ2n) is 2.35. The molecule has 0 saturated carbocycles. The van der Waals surface area contributed by atoms with Crippen LogP contribution in [-0.2, 0) is 0 Å². The van der Waals surface area contributed by atoms with Gasteiger partial charge in [-0.25, -0.2) is 30.7 Å². The van der Waals surface area contributed by atoms with Crippen LogP contribution >= 0.6 is 0 Å². The van der Waals surface area contributed by atoms with Crippen LogP contribution in [0.1, 0.15) is 5.56 Å². The van der Waals surface area contributed by atoms with E-state index in [-0.39, 0.29) is 6.33 Å². The molecule has 0 aliphatic heterocycles. The van der Waals surface area contributed by atoms with Crippen molar-refractivity contribution in [2.75, 3.05) is 0 Å². The highest BCUT2D eigenvalue weighted by Gasteiger charge is 2.28. The fraction of sp³-hybridized carbons (Fsp3) is 0. The lowest BCUT2D eigenvalue weighted by Crippen LogP contribution is -2.05. The number of rotatable bonds is 1. The van der Waals surface area contributed by atoms with E-state index in [2.05, 4.69) is 0 Å². The number of halogens is 7. The van der Waals surface area contributed by atoms with E-state index in [0.29, 0.717) is 0 Å². The molecule has 15 heavy (non-hydrogen) atoms. The Morgan fingerprint density at radius 1 is 0.733 bits per heavy atom. The third kappa shape index (κ3) is 1.69. The first-order chi connectivity index (χ1) is 6.91. The number of hydrogen-bond acceptors (Lipinski definition) is 0. The summed E-state index contributed by atoms with van der Waals surface area (Å²) in [6, 6.07) is 0. The maximum Gasteiger partial charge on any atom is 0.200 e. The van der Waals surface area contributed by atoms with E-state index in [1.165, 1.54) is 0 Å². The van der Waals surface area contributed by atoms with Gasteiger partial charge >= 0.3 is 0 Å². The lowest BCUT2D eigenvalue weighted by molar-refractivity contribution is 0.374. The molecule has 0 atom stereocenters. The van der Waals surface area contributed by atoms with Gasteiger partial charge in [-0.2, -0.15) is 0 Å². The highest BCUT2D eigenvalue weighted by atomic mass is 19.2. The third-order valence-corrected chi connectivity index (χ3v) is 1.51. The first kappa shape index (κ1) is 11.5. The standard InChI is InChI=1S/C8F7/c9-1-2(10)3-4(11)6(13)8(15)7(14)5(3)12. The highest BCUT2D eigenvalue weighted by molar-refractivity contribution is 5.58. The molecule has 0 aliphatic rings. The van der Waals surface area contributed by atoms with E-state index in [1.807, 2.05) is 0 Å². The lowest BCUT2D eigenvalue weighted by atomic mass is 10.1. The fourth-order valence-electron chi connectivity index (χ4n) is 0.845. The lowest BCUT2D eigenvalue weighted by Gasteiger charge is -2.04. The molecule has 0 heterocycles. The molecule has 1 aromatic rings. The first-order valence-electron chi connectivity index (χ1n) is 3.32. The number of hydrogen-bond donors (Lipinski definition) is 0. The molecule has 1 aromatic carbocycles. The van der Waals surface area contributed by atoms with E-state index in [9.17, 15) is 30.7 Å². The summed E-state index contributed by atoms with van der Waals surface area (Å²) in [6.45, 7) is 0. The van der Waals surface area contributed by atoms with E-state index in [0.717, 1.165) is 0 Å². The van der Waals surface area contributed by atoms with Crippen LogP contribution in [0.3, 0.4) is 0 Å². The van der Waals surface area contributed by atoms with Crippen molar-refractivity contribution in [3.63, 3.8) is 0 Å². The molecule has 0 saturated heterocycles. The molecule has 0 nitrogen and oxygen atoms in total. The van der Waals surface area contributed by atoms with Crippen LogP contribution in [0.5, 0.6) is 0 Å². The average molecular weight is 229 g/mol. The van der Waals surface area contributed by atoms with E-state index in [1.54, 1.807) is 0 Å². The van der Waals surface area contributed by atoms with Crippen molar-refractivity contribution < 1.29 is 30.7 Å². The van der Waals surface area contributed by atoms with Crippen molar-refractivity contribution in [2.45, 2.75) is 0 Å². The second kappa shape index (κ2) is 3.92. The van der Waals surface area contributed by atoms with Crippen LogP contribution in [0.4, 0.5) is 30.7 Å². The maximum atomic E-state index is 12.7. The summed E-state index contributed by atoms with van der Waals surface area (Å²) in [5, 5.41) is 0. The minimum atomic E-state index is -2.44. The smallest absolute Gasteiger partial charge is 0.200 e. The quantitative estimate of drug-likeness (QED) is 0.393.